The van der Waals surface area contributed by atoms with Crippen LogP contribution in [0.3, 0.4) is 0 Å². The van der Waals surface area contributed by atoms with E-state index in [2.05, 4.69) is 31.8 Å². The Morgan fingerprint density at radius 3 is 2.45 bits per heavy atom. The monoisotopic (exact) mass is 379 g/mol. The molecule has 0 fully saturated rings. The highest BCUT2D eigenvalue weighted by Crippen LogP contribution is 2.14. The van der Waals surface area contributed by atoms with Crippen molar-refractivity contribution in [2.75, 3.05) is 5.32 Å². The maximum absolute atomic E-state index is 11.9. The van der Waals surface area contributed by atoms with Crippen LogP contribution in [0.1, 0.15) is 12.5 Å². The van der Waals surface area contributed by atoms with Crippen LogP contribution in [0.4, 0.5) is 5.69 Å². The third kappa shape index (κ3) is 5.16. The van der Waals surface area contributed by atoms with E-state index in [1.165, 1.54) is 0 Å². The smallest absolute Gasteiger partial charge is 0.262 e. The Kier molecular flexibility index (Phi) is 5.98. The maximum Gasteiger partial charge on any atom is 0.262 e. The summed E-state index contributed by atoms with van der Waals surface area (Å²) in [6, 6.07) is 14.4. The highest BCUT2D eigenvalue weighted by molar-refractivity contribution is 9.10. The number of hydrazone groups is 1. The summed E-state index contributed by atoms with van der Waals surface area (Å²) in [6.45, 7) is 1.76. The van der Waals surface area contributed by atoms with Gasteiger partial charge in [-0.1, -0.05) is 39.7 Å². The number of carbonyl (C=O) groups is 1. The maximum atomic E-state index is 11.9. The molecule has 0 aliphatic heterocycles. The number of hydrogen-bond donors (Lipinski definition) is 2. The predicted octanol–water partition coefficient (Wildman–Crippen LogP) is 4.05. The molecule has 0 saturated heterocycles. The first-order valence-corrected chi connectivity index (χ1v) is 7.82. The molecule has 0 saturated carbocycles. The molecule has 0 radical (unpaired) electrons. The van der Waals surface area contributed by atoms with Crippen molar-refractivity contribution >= 4 is 45.3 Å². The first-order valence-electron chi connectivity index (χ1n) is 6.65. The Bertz CT molecular complexity index is 656. The van der Waals surface area contributed by atoms with Crippen molar-refractivity contribution in [2.24, 2.45) is 5.10 Å². The molecule has 0 aromatic heterocycles. The zero-order valence-corrected chi connectivity index (χ0v) is 14.2. The second kappa shape index (κ2) is 7.96. The van der Waals surface area contributed by atoms with E-state index < -0.39 is 6.04 Å². The Balaban J connectivity index is 1.85. The van der Waals surface area contributed by atoms with Crippen molar-refractivity contribution < 1.29 is 4.79 Å². The van der Waals surface area contributed by atoms with Crippen LogP contribution in [0.15, 0.2) is 58.1 Å². The zero-order valence-electron chi connectivity index (χ0n) is 11.9. The summed E-state index contributed by atoms with van der Waals surface area (Å²) >= 11 is 9.18. The molecule has 0 aliphatic carbocycles. The fraction of sp³-hybridized carbons (Fsp3) is 0.125. The largest absolute Gasteiger partial charge is 0.374 e. The van der Waals surface area contributed by atoms with Crippen molar-refractivity contribution in [3.8, 4) is 0 Å². The van der Waals surface area contributed by atoms with Crippen LogP contribution in [0.25, 0.3) is 0 Å². The van der Waals surface area contributed by atoms with E-state index in [1.807, 2.05) is 36.4 Å². The third-order valence-electron chi connectivity index (χ3n) is 2.88. The van der Waals surface area contributed by atoms with Gasteiger partial charge in [0.15, 0.2) is 0 Å². The van der Waals surface area contributed by atoms with E-state index >= 15 is 0 Å². The number of carbonyl (C=O) groups excluding carboxylic acids is 1. The summed E-state index contributed by atoms with van der Waals surface area (Å²) in [7, 11) is 0. The van der Waals surface area contributed by atoms with E-state index in [4.69, 9.17) is 11.6 Å². The normalized spacial score (nSPS) is 12.1. The molecular formula is C16H15BrClN3O. The lowest BCUT2D eigenvalue weighted by Crippen LogP contribution is -2.34. The molecule has 0 unspecified atom stereocenters. The number of rotatable bonds is 5. The van der Waals surface area contributed by atoms with Gasteiger partial charge in [-0.3, -0.25) is 4.79 Å². The Morgan fingerprint density at radius 1 is 1.18 bits per heavy atom. The quantitative estimate of drug-likeness (QED) is 0.607. The highest BCUT2D eigenvalue weighted by atomic mass is 79.9. The molecule has 2 aromatic carbocycles. The molecular weight excluding hydrogens is 366 g/mol. The Hall–Kier alpha value is -1.85. The molecule has 2 rings (SSSR count). The summed E-state index contributed by atoms with van der Waals surface area (Å²) in [5.74, 6) is -0.219. The number of anilines is 1. The number of benzene rings is 2. The number of nitrogens with one attached hydrogen (secondary N) is 2. The third-order valence-corrected chi connectivity index (χ3v) is 3.66. The van der Waals surface area contributed by atoms with Crippen molar-refractivity contribution in [3.63, 3.8) is 0 Å². The molecule has 0 bridgehead atoms. The zero-order chi connectivity index (χ0) is 15.9. The van der Waals surface area contributed by atoms with Crippen LogP contribution in [0, 0.1) is 0 Å². The predicted molar refractivity (Wildman–Crippen MR) is 94.4 cm³/mol. The van der Waals surface area contributed by atoms with Gasteiger partial charge in [0.2, 0.25) is 0 Å². The standard InChI is InChI=1S/C16H15BrClN3O/c1-11(20-15-8-6-14(18)7-9-15)16(22)21-19-10-12-2-4-13(17)5-3-12/h2-11,20H,1H3,(H,21,22)/b19-10-/t11-/m0/s1. The lowest BCUT2D eigenvalue weighted by atomic mass is 10.2. The molecule has 0 heterocycles. The fourth-order valence-electron chi connectivity index (χ4n) is 1.68. The van der Waals surface area contributed by atoms with E-state index in [1.54, 1.807) is 25.3 Å². The molecule has 4 nitrogen and oxygen atoms in total. The van der Waals surface area contributed by atoms with Crippen LogP contribution < -0.4 is 10.7 Å². The van der Waals surface area contributed by atoms with Gasteiger partial charge in [-0.25, -0.2) is 5.43 Å². The summed E-state index contributed by atoms with van der Waals surface area (Å²) < 4.78 is 0.995. The minimum absolute atomic E-state index is 0.219. The average molecular weight is 381 g/mol. The SMILES string of the molecule is C[C@H](Nc1ccc(Cl)cc1)C(=O)N/N=C\c1ccc(Br)cc1. The Labute approximate surface area is 142 Å². The summed E-state index contributed by atoms with van der Waals surface area (Å²) in [4.78, 5) is 11.9. The molecule has 1 amide bonds. The highest BCUT2D eigenvalue weighted by Gasteiger charge is 2.11. The molecule has 6 heteroatoms. The molecule has 2 N–H and O–H groups in total. The van der Waals surface area contributed by atoms with Gasteiger partial charge in [-0.05, 0) is 48.9 Å². The topological polar surface area (TPSA) is 53.5 Å². The molecule has 0 aliphatic rings. The number of hydrogen-bond acceptors (Lipinski definition) is 3. The van der Waals surface area contributed by atoms with Crippen LogP contribution in [0.2, 0.25) is 5.02 Å². The van der Waals surface area contributed by atoms with Crippen LogP contribution >= 0.6 is 27.5 Å². The van der Waals surface area contributed by atoms with Crippen LogP contribution in [-0.2, 0) is 4.79 Å². The van der Waals surface area contributed by atoms with Gasteiger partial charge in [-0.15, -0.1) is 0 Å². The van der Waals surface area contributed by atoms with Crippen molar-refractivity contribution in [3.05, 3.63) is 63.6 Å². The van der Waals surface area contributed by atoms with Crippen molar-refractivity contribution in [2.45, 2.75) is 13.0 Å². The van der Waals surface area contributed by atoms with Gasteiger partial charge in [0.1, 0.15) is 6.04 Å². The van der Waals surface area contributed by atoms with Crippen LogP contribution in [-0.4, -0.2) is 18.2 Å². The first-order chi connectivity index (χ1) is 10.5. The van der Waals surface area contributed by atoms with E-state index in [0.29, 0.717) is 5.02 Å². The van der Waals surface area contributed by atoms with Gasteiger partial charge < -0.3 is 5.32 Å². The second-order valence-corrected chi connectivity index (χ2v) is 6.01. The van der Waals surface area contributed by atoms with Gasteiger partial charge in [0.25, 0.3) is 5.91 Å². The lowest BCUT2D eigenvalue weighted by Gasteiger charge is -2.13. The molecule has 1 atom stereocenters. The van der Waals surface area contributed by atoms with Crippen LogP contribution in [0.5, 0.6) is 0 Å². The van der Waals surface area contributed by atoms with Crippen molar-refractivity contribution in [1.29, 1.82) is 0 Å². The Morgan fingerprint density at radius 2 is 1.82 bits per heavy atom. The summed E-state index contributed by atoms with van der Waals surface area (Å²) in [5, 5.41) is 7.68. The lowest BCUT2D eigenvalue weighted by molar-refractivity contribution is -0.121. The fourth-order valence-corrected chi connectivity index (χ4v) is 2.07. The number of amides is 1. The van der Waals surface area contributed by atoms with Gasteiger partial charge >= 0.3 is 0 Å². The molecule has 2 aromatic rings. The first kappa shape index (κ1) is 16.5. The molecule has 22 heavy (non-hydrogen) atoms. The number of nitrogens with zero attached hydrogens (tertiary/aromatic N) is 1. The summed E-state index contributed by atoms with van der Waals surface area (Å²) in [6.07, 6.45) is 1.60. The van der Waals surface area contributed by atoms with E-state index in [0.717, 1.165) is 15.7 Å². The van der Waals surface area contributed by atoms with E-state index in [-0.39, 0.29) is 5.91 Å². The minimum Gasteiger partial charge on any atom is -0.374 e. The number of halogens is 2. The van der Waals surface area contributed by atoms with E-state index in [9.17, 15) is 4.79 Å². The average Bonchev–Trinajstić information content (AvgIpc) is 2.51. The minimum atomic E-state index is -0.414. The van der Waals surface area contributed by atoms with Gasteiger partial charge in [-0.2, -0.15) is 5.10 Å². The van der Waals surface area contributed by atoms with Crippen molar-refractivity contribution in [1.82, 2.24) is 5.43 Å². The van der Waals surface area contributed by atoms with Gasteiger partial charge in [0, 0.05) is 15.2 Å². The van der Waals surface area contributed by atoms with Gasteiger partial charge in [0.05, 0.1) is 6.21 Å². The summed E-state index contributed by atoms with van der Waals surface area (Å²) in [5.41, 5.74) is 4.23. The molecule has 0 spiro atoms. The second-order valence-electron chi connectivity index (χ2n) is 4.66. The molecule has 114 valence electrons.